The number of ether oxygens (including phenoxy) is 1. The van der Waals surface area contributed by atoms with Crippen molar-refractivity contribution in [2.75, 3.05) is 57.6 Å². The lowest BCUT2D eigenvalue weighted by atomic mass is 10.1. The van der Waals surface area contributed by atoms with E-state index in [0.29, 0.717) is 0 Å². The van der Waals surface area contributed by atoms with Gasteiger partial charge in [0.2, 0.25) is 0 Å². The Balaban J connectivity index is 2.58. The Morgan fingerprint density at radius 1 is 1.14 bits per heavy atom. The maximum atomic E-state index is 5.08. The maximum Gasteiger partial charge on any atom is 0.134 e. The number of hydrogen-bond acceptors (Lipinski definition) is 6. The second kappa shape index (κ2) is 10.3. The van der Waals surface area contributed by atoms with E-state index in [1.807, 2.05) is 0 Å². The van der Waals surface area contributed by atoms with Crippen molar-refractivity contribution in [2.24, 2.45) is 0 Å². The van der Waals surface area contributed by atoms with Crippen LogP contribution in [-0.2, 0) is 11.2 Å². The van der Waals surface area contributed by atoms with Crippen molar-refractivity contribution in [2.45, 2.75) is 26.7 Å². The van der Waals surface area contributed by atoms with E-state index in [0.717, 1.165) is 57.3 Å². The molecule has 0 unspecified atom stereocenters. The molecule has 0 aromatic carbocycles. The van der Waals surface area contributed by atoms with Crippen LogP contribution in [0.5, 0.6) is 0 Å². The smallest absolute Gasteiger partial charge is 0.134 e. The first-order chi connectivity index (χ1) is 10.2. The quantitative estimate of drug-likeness (QED) is 0.650. The first-order valence-electron chi connectivity index (χ1n) is 7.72. The minimum absolute atomic E-state index is 0.760. The molecule has 21 heavy (non-hydrogen) atoms. The van der Waals surface area contributed by atoms with Gasteiger partial charge in [-0.15, -0.1) is 0 Å². The fourth-order valence-corrected chi connectivity index (χ4v) is 2.10. The summed E-state index contributed by atoms with van der Waals surface area (Å²) >= 11 is 0. The van der Waals surface area contributed by atoms with Crippen LogP contribution >= 0.6 is 0 Å². The lowest BCUT2D eigenvalue weighted by Crippen LogP contribution is -2.28. The Labute approximate surface area is 128 Å². The molecule has 6 heteroatoms. The summed E-state index contributed by atoms with van der Waals surface area (Å²) in [6, 6.07) is 0. The number of rotatable bonds is 11. The summed E-state index contributed by atoms with van der Waals surface area (Å²) in [4.78, 5) is 11.0. The van der Waals surface area contributed by atoms with Crippen LogP contribution < -0.4 is 10.6 Å². The van der Waals surface area contributed by atoms with Crippen molar-refractivity contribution < 1.29 is 4.74 Å². The fourth-order valence-electron chi connectivity index (χ4n) is 2.10. The van der Waals surface area contributed by atoms with Gasteiger partial charge in [-0.1, -0.05) is 13.3 Å². The number of anilines is 2. The second-order valence-corrected chi connectivity index (χ2v) is 5.05. The molecule has 0 fully saturated rings. The van der Waals surface area contributed by atoms with Gasteiger partial charge in [0.1, 0.15) is 18.0 Å². The molecule has 0 aliphatic carbocycles. The van der Waals surface area contributed by atoms with Crippen LogP contribution in [-0.4, -0.2) is 61.8 Å². The Morgan fingerprint density at radius 2 is 1.86 bits per heavy atom. The van der Waals surface area contributed by atoms with Gasteiger partial charge in [0.15, 0.2) is 0 Å². The Bertz CT molecular complexity index is 400. The van der Waals surface area contributed by atoms with Crippen molar-refractivity contribution >= 4 is 11.6 Å². The van der Waals surface area contributed by atoms with Gasteiger partial charge in [-0.3, -0.25) is 0 Å². The minimum atomic E-state index is 0.760. The van der Waals surface area contributed by atoms with E-state index in [4.69, 9.17) is 4.74 Å². The van der Waals surface area contributed by atoms with E-state index in [1.54, 1.807) is 13.4 Å². The largest absolute Gasteiger partial charge is 0.383 e. The van der Waals surface area contributed by atoms with Crippen molar-refractivity contribution in [1.82, 2.24) is 14.9 Å². The average Bonchev–Trinajstić information content (AvgIpc) is 2.48. The van der Waals surface area contributed by atoms with E-state index in [1.165, 1.54) is 5.56 Å². The normalized spacial score (nSPS) is 10.9. The number of aromatic nitrogens is 2. The molecule has 0 spiro atoms. The molecule has 0 saturated heterocycles. The van der Waals surface area contributed by atoms with Gasteiger partial charge in [0, 0.05) is 38.9 Å². The van der Waals surface area contributed by atoms with E-state index in [9.17, 15) is 0 Å². The molecule has 2 N–H and O–H groups in total. The van der Waals surface area contributed by atoms with Crippen LogP contribution in [0.2, 0.25) is 0 Å². The van der Waals surface area contributed by atoms with Crippen molar-refractivity contribution in [3.05, 3.63) is 11.9 Å². The number of likely N-dealkylation sites (N-methyl/N-ethyl adjacent to an activating group) is 1. The Morgan fingerprint density at radius 3 is 2.48 bits per heavy atom. The zero-order valence-electron chi connectivity index (χ0n) is 13.8. The third-order valence-electron chi connectivity index (χ3n) is 3.25. The molecule has 0 amide bonds. The van der Waals surface area contributed by atoms with Crippen molar-refractivity contribution in [3.63, 3.8) is 0 Å². The Kier molecular flexibility index (Phi) is 8.69. The lowest BCUT2D eigenvalue weighted by molar-refractivity contribution is 0.163. The molecule has 1 aromatic heterocycles. The van der Waals surface area contributed by atoms with Crippen LogP contribution in [0.4, 0.5) is 11.6 Å². The van der Waals surface area contributed by atoms with Crippen LogP contribution in [0.25, 0.3) is 0 Å². The maximum absolute atomic E-state index is 5.08. The Hall–Kier alpha value is -1.40. The number of hydrogen-bond donors (Lipinski definition) is 2. The monoisotopic (exact) mass is 295 g/mol. The number of methoxy groups -OCH3 is 1. The molecule has 0 bridgehead atoms. The highest BCUT2D eigenvalue weighted by Gasteiger charge is 2.10. The van der Waals surface area contributed by atoms with E-state index in [-0.39, 0.29) is 0 Å². The van der Waals surface area contributed by atoms with Crippen molar-refractivity contribution in [1.29, 1.82) is 0 Å². The molecule has 0 radical (unpaired) electrons. The van der Waals surface area contributed by atoms with E-state index >= 15 is 0 Å². The van der Waals surface area contributed by atoms with E-state index in [2.05, 4.69) is 46.4 Å². The second-order valence-electron chi connectivity index (χ2n) is 5.05. The van der Waals surface area contributed by atoms with Crippen LogP contribution in [0, 0.1) is 0 Å². The SMILES string of the molecule is CCCc1c(NCC)ncnc1NCCN(C)CCOC. The topological polar surface area (TPSA) is 62.3 Å². The predicted octanol–water partition coefficient (Wildman–Crippen LogP) is 1.85. The van der Waals surface area contributed by atoms with Gasteiger partial charge in [-0.05, 0) is 20.4 Å². The van der Waals surface area contributed by atoms with Gasteiger partial charge in [-0.25, -0.2) is 9.97 Å². The number of nitrogens with zero attached hydrogens (tertiary/aromatic N) is 3. The van der Waals surface area contributed by atoms with Crippen LogP contribution in [0.1, 0.15) is 25.8 Å². The van der Waals surface area contributed by atoms with Gasteiger partial charge in [-0.2, -0.15) is 0 Å². The molecule has 6 nitrogen and oxygen atoms in total. The summed E-state index contributed by atoms with van der Waals surface area (Å²) in [6.45, 7) is 8.63. The summed E-state index contributed by atoms with van der Waals surface area (Å²) in [5, 5.41) is 6.74. The molecule has 0 aliphatic heterocycles. The van der Waals surface area contributed by atoms with Gasteiger partial charge >= 0.3 is 0 Å². The molecule has 0 aliphatic rings. The third-order valence-corrected chi connectivity index (χ3v) is 3.25. The fraction of sp³-hybridized carbons (Fsp3) is 0.733. The van der Waals surface area contributed by atoms with E-state index < -0.39 is 0 Å². The van der Waals surface area contributed by atoms with Crippen LogP contribution in [0.15, 0.2) is 6.33 Å². The summed E-state index contributed by atoms with van der Waals surface area (Å²) in [7, 11) is 3.82. The number of nitrogens with one attached hydrogen (secondary N) is 2. The standard InChI is InChI=1S/C15H29N5O/c1-5-7-13-14(16-6-2)18-12-19-15(13)17-8-9-20(3)10-11-21-4/h12H,5-11H2,1-4H3,(H2,16,17,18,19). The zero-order valence-corrected chi connectivity index (χ0v) is 13.8. The molecule has 1 aromatic rings. The molecular weight excluding hydrogens is 266 g/mol. The molecule has 0 saturated carbocycles. The van der Waals surface area contributed by atoms with Crippen molar-refractivity contribution in [3.8, 4) is 0 Å². The molecule has 0 atom stereocenters. The zero-order chi connectivity index (χ0) is 15.5. The first-order valence-corrected chi connectivity index (χ1v) is 7.72. The highest BCUT2D eigenvalue weighted by atomic mass is 16.5. The summed E-state index contributed by atoms with van der Waals surface area (Å²) in [5.74, 6) is 1.90. The highest BCUT2D eigenvalue weighted by Crippen LogP contribution is 2.21. The highest BCUT2D eigenvalue weighted by molar-refractivity contribution is 5.57. The predicted molar refractivity (Wildman–Crippen MR) is 88.1 cm³/mol. The van der Waals surface area contributed by atoms with Gasteiger partial charge in [0.25, 0.3) is 0 Å². The molecule has 1 rings (SSSR count). The van der Waals surface area contributed by atoms with Gasteiger partial charge < -0.3 is 20.3 Å². The molecule has 1 heterocycles. The average molecular weight is 295 g/mol. The molecule has 120 valence electrons. The van der Waals surface area contributed by atoms with Gasteiger partial charge in [0.05, 0.1) is 6.61 Å². The minimum Gasteiger partial charge on any atom is -0.383 e. The summed E-state index contributed by atoms with van der Waals surface area (Å²) in [6.07, 6.45) is 3.67. The lowest BCUT2D eigenvalue weighted by Gasteiger charge is -2.18. The molecular formula is C15H29N5O. The first kappa shape index (κ1) is 17.7. The third kappa shape index (κ3) is 6.27. The summed E-state index contributed by atoms with van der Waals surface area (Å²) < 4.78 is 5.08. The van der Waals surface area contributed by atoms with Crippen LogP contribution in [0.3, 0.4) is 0 Å². The summed E-state index contributed by atoms with van der Waals surface area (Å²) in [5.41, 5.74) is 1.18.